The highest BCUT2D eigenvalue weighted by Crippen LogP contribution is 2.24. The predicted molar refractivity (Wildman–Crippen MR) is 63.5 cm³/mol. The third-order valence-corrected chi connectivity index (χ3v) is 2.74. The first-order valence-corrected chi connectivity index (χ1v) is 5.90. The number of alkyl halides is 3. The van der Waals surface area contributed by atoms with E-state index >= 15 is 0 Å². The first kappa shape index (κ1) is 17.0. The van der Waals surface area contributed by atoms with E-state index in [-0.39, 0.29) is 5.89 Å². The number of aliphatic carboxylic acids is 1. The van der Waals surface area contributed by atoms with Gasteiger partial charge in [-0.15, -0.1) is 0 Å². The Kier molecular flexibility index (Phi) is 5.30. The molecule has 2 heterocycles. The fraction of sp³-hybridized carbons (Fsp3) is 0.545. The molecular formula is C11H14F3N3O4. The molecule has 118 valence electrons. The van der Waals surface area contributed by atoms with E-state index in [0.29, 0.717) is 12.0 Å². The van der Waals surface area contributed by atoms with Crippen LogP contribution in [0.25, 0.3) is 0 Å². The van der Waals surface area contributed by atoms with Crippen molar-refractivity contribution in [3.63, 3.8) is 0 Å². The van der Waals surface area contributed by atoms with Gasteiger partial charge in [0, 0.05) is 18.5 Å². The molecule has 1 aromatic heterocycles. The summed E-state index contributed by atoms with van der Waals surface area (Å²) in [6.45, 7) is 3.00. The summed E-state index contributed by atoms with van der Waals surface area (Å²) < 4.78 is 36.7. The van der Waals surface area contributed by atoms with E-state index < -0.39 is 18.1 Å². The summed E-state index contributed by atoms with van der Waals surface area (Å²) in [4.78, 5) is 23.7. The van der Waals surface area contributed by atoms with Crippen LogP contribution in [0.3, 0.4) is 0 Å². The van der Waals surface area contributed by atoms with Crippen molar-refractivity contribution in [2.75, 3.05) is 6.54 Å². The highest BCUT2D eigenvalue weighted by atomic mass is 19.4. The van der Waals surface area contributed by atoms with E-state index in [1.165, 1.54) is 6.26 Å². The van der Waals surface area contributed by atoms with Gasteiger partial charge >= 0.3 is 18.1 Å². The molecule has 21 heavy (non-hydrogen) atoms. The van der Waals surface area contributed by atoms with Crippen molar-refractivity contribution in [2.45, 2.75) is 31.5 Å². The van der Waals surface area contributed by atoms with Crippen molar-refractivity contribution < 1.29 is 32.3 Å². The van der Waals surface area contributed by atoms with E-state index in [1.54, 1.807) is 0 Å². The second kappa shape index (κ2) is 6.57. The van der Waals surface area contributed by atoms with Gasteiger partial charge in [-0.2, -0.15) is 13.2 Å². The molecule has 0 bridgehead atoms. The summed E-state index contributed by atoms with van der Waals surface area (Å²) in [6, 6.07) is 0.494. The Bertz CT molecular complexity index is 515. The molecule has 4 N–H and O–H groups in total. The number of carbonyl (C=O) groups excluding carboxylic acids is 1. The second-order valence-corrected chi connectivity index (χ2v) is 4.49. The minimum Gasteiger partial charge on any atom is -0.475 e. The summed E-state index contributed by atoms with van der Waals surface area (Å²) in [6.07, 6.45) is -2.55. The van der Waals surface area contributed by atoms with Crippen LogP contribution in [-0.4, -0.2) is 40.7 Å². The number of carboxylic acids is 1. The first-order valence-electron chi connectivity index (χ1n) is 5.90. The number of carbonyl (C=O) groups is 2. The minimum absolute atomic E-state index is 0.000414. The number of rotatable bonds is 2. The number of aromatic nitrogens is 1. The van der Waals surface area contributed by atoms with Crippen LogP contribution in [0.1, 0.15) is 35.6 Å². The van der Waals surface area contributed by atoms with Crippen molar-refractivity contribution in [3.05, 3.63) is 17.8 Å². The molecule has 0 aromatic carbocycles. The van der Waals surface area contributed by atoms with Gasteiger partial charge in [0.15, 0.2) is 0 Å². The number of nitrogens with two attached hydrogens (primary N) is 1. The van der Waals surface area contributed by atoms with E-state index in [4.69, 9.17) is 20.1 Å². The van der Waals surface area contributed by atoms with Gasteiger partial charge in [-0.25, -0.2) is 9.78 Å². The fourth-order valence-electron chi connectivity index (χ4n) is 1.75. The number of hydrogen-bond donors (Lipinski definition) is 3. The highest BCUT2D eigenvalue weighted by Gasteiger charge is 2.38. The van der Waals surface area contributed by atoms with Gasteiger partial charge in [0.1, 0.15) is 6.26 Å². The molecule has 1 aliphatic heterocycles. The van der Waals surface area contributed by atoms with Crippen LogP contribution in [0.2, 0.25) is 0 Å². The number of nitrogens with zero attached hydrogens (tertiary/aromatic N) is 1. The average Bonchev–Trinajstić information content (AvgIpc) is 2.96. The lowest BCUT2D eigenvalue weighted by atomic mass is 10.0. The number of carboxylic acid groups (broad SMARTS) is 1. The molecule has 1 aliphatic rings. The van der Waals surface area contributed by atoms with E-state index in [2.05, 4.69) is 17.2 Å². The Labute approximate surface area is 117 Å². The topological polar surface area (TPSA) is 118 Å². The molecule has 0 saturated carbocycles. The van der Waals surface area contributed by atoms with Crippen LogP contribution < -0.4 is 11.1 Å². The maximum atomic E-state index is 10.7. The van der Waals surface area contributed by atoms with Gasteiger partial charge in [0.25, 0.3) is 5.89 Å². The number of primary amides is 1. The van der Waals surface area contributed by atoms with Gasteiger partial charge < -0.3 is 20.6 Å². The van der Waals surface area contributed by atoms with Crippen molar-refractivity contribution in [3.8, 4) is 0 Å². The molecule has 1 aromatic rings. The van der Waals surface area contributed by atoms with Crippen LogP contribution in [0, 0.1) is 0 Å². The molecule has 2 atom stereocenters. The number of halogens is 3. The molecule has 0 spiro atoms. The van der Waals surface area contributed by atoms with Crippen molar-refractivity contribution in [1.82, 2.24) is 10.3 Å². The number of amides is 1. The zero-order valence-corrected chi connectivity index (χ0v) is 11.0. The number of oxazole rings is 1. The Morgan fingerprint density at radius 2 is 2.10 bits per heavy atom. The molecule has 1 saturated heterocycles. The predicted octanol–water partition coefficient (Wildman–Crippen LogP) is 0.872. The largest absolute Gasteiger partial charge is 0.490 e. The Morgan fingerprint density at radius 3 is 2.43 bits per heavy atom. The molecule has 0 unspecified atom stereocenters. The van der Waals surface area contributed by atoms with Gasteiger partial charge in [-0.3, -0.25) is 4.79 Å². The van der Waals surface area contributed by atoms with E-state index in [9.17, 15) is 18.0 Å². The van der Waals surface area contributed by atoms with Gasteiger partial charge in [-0.05, 0) is 13.3 Å². The molecule has 7 nitrogen and oxygen atoms in total. The number of hydrogen-bond acceptors (Lipinski definition) is 5. The zero-order valence-electron chi connectivity index (χ0n) is 11.0. The molecule has 2 rings (SSSR count). The summed E-state index contributed by atoms with van der Waals surface area (Å²) >= 11 is 0. The summed E-state index contributed by atoms with van der Waals surface area (Å²) in [5.74, 6) is -3.04. The summed E-state index contributed by atoms with van der Waals surface area (Å²) in [7, 11) is 0. The Hall–Kier alpha value is -2.10. The Balaban J connectivity index is 0.000000270. The van der Waals surface area contributed by atoms with Crippen LogP contribution in [0.5, 0.6) is 0 Å². The van der Waals surface area contributed by atoms with E-state index in [0.717, 1.165) is 18.7 Å². The minimum atomic E-state index is -5.08. The smallest absolute Gasteiger partial charge is 0.475 e. The molecule has 1 fully saturated rings. The molecule has 0 radical (unpaired) electrons. The summed E-state index contributed by atoms with van der Waals surface area (Å²) in [5, 5.41) is 10.4. The van der Waals surface area contributed by atoms with E-state index in [1.807, 2.05) is 0 Å². The SMILES string of the molecule is C[C@@H]1C[C@@H](c2coc(C(N)=O)n2)CN1.O=C(O)C(F)(F)F. The fourth-order valence-corrected chi connectivity index (χ4v) is 1.75. The lowest BCUT2D eigenvalue weighted by Gasteiger charge is -2.01. The number of nitrogens with one attached hydrogen (secondary N) is 1. The maximum Gasteiger partial charge on any atom is 0.490 e. The van der Waals surface area contributed by atoms with Crippen molar-refractivity contribution in [2.24, 2.45) is 5.73 Å². The van der Waals surface area contributed by atoms with Crippen LogP contribution in [0.15, 0.2) is 10.7 Å². The molecule has 1 amide bonds. The van der Waals surface area contributed by atoms with Gasteiger partial charge in [0.05, 0.1) is 5.69 Å². The summed E-state index contributed by atoms with van der Waals surface area (Å²) in [5.41, 5.74) is 5.86. The van der Waals surface area contributed by atoms with Crippen LogP contribution in [0.4, 0.5) is 13.2 Å². The quantitative estimate of drug-likeness (QED) is 0.746. The normalized spacial score (nSPS) is 21.5. The lowest BCUT2D eigenvalue weighted by molar-refractivity contribution is -0.192. The highest BCUT2D eigenvalue weighted by molar-refractivity contribution is 5.87. The van der Waals surface area contributed by atoms with Crippen molar-refractivity contribution >= 4 is 11.9 Å². The monoisotopic (exact) mass is 309 g/mol. The third-order valence-electron chi connectivity index (χ3n) is 2.74. The standard InChI is InChI=1S/C9H13N3O2.C2HF3O2/c1-5-2-6(3-11-5)7-4-14-9(12-7)8(10)13;3-2(4,5)1(6)7/h4-6,11H,2-3H2,1H3,(H2,10,13);(H,6,7)/t5-,6-;/m1./s1. The van der Waals surface area contributed by atoms with Crippen LogP contribution >= 0.6 is 0 Å². The first-order chi connectivity index (χ1) is 9.61. The Morgan fingerprint density at radius 1 is 1.52 bits per heavy atom. The van der Waals surface area contributed by atoms with Crippen LogP contribution in [-0.2, 0) is 4.79 Å². The average molecular weight is 309 g/mol. The lowest BCUT2D eigenvalue weighted by Crippen LogP contribution is -2.21. The second-order valence-electron chi connectivity index (χ2n) is 4.49. The van der Waals surface area contributed by atoms with Crippen molar-refractivity contribution in [1.29, 1.82) is 0 Å². The maximum absolute atomic E-state index is 10.7. The third kappa shape index (κ3) is 5.06. The molecule has 10 heteroatoms. The van der Waals surface area contributed by atoms with Gasteiger partial charge in [-0.1, -0.05) is 0 Å². The molecule has 0 aliphatic carbocycles. The van der Waals surface area contributed by atoms with Gasteiger partial charge in [0.2, 0.25) is 0 Å². The zero-order chi connectivity index (χ0) is 16.2. The molecular weight excluding hydrogens is 295 g/mol.